The predicted molar refractivity (Wildman–Crippen MR) is 105 cm³/mol. The first-order valence-electron chi connectivity index (χ1n) is 10.4. The number of rotatable bonds is 4. The SMILES string of the molecule is CC(C)c1nc(-c2ccccc2NC(=O)C2C3CC4CC(C3)CC2C4)n[nH]1. The molecule has 2 aromatic rings. The molecule has 4 fully saturated rings. The van der Waals surface area contributed by atoms with Crippen molar-refractivity contribution in [2.24, 2.45) is 29.6 Å². The lowest BCUT2D eigenvalue weighted by atomic mass is 9.51. The van der Waals surface area contributed by atoms with Crippen LogP contribution in [0.15, 0.2) is 24.3 Å². The van der Waals surface area contributed by atoms with E-state index < -0.39 is 0 Å². The maximum Gasteiger partial charge on any atom is 0.228 e. The van der Waals surface area contributed by atoms with E-state index in [2.05, 4.69) is 34.3 Å². The van der Waals surface area contributed by atoms with Crippen molar-refractivity contribution in [3.63, 3.8) is 0 Å². The highest BCUT2D eigenvalue weighted by atomic mass is 16.1. The summed E-state index contributed by atoms with van der Waals surface area (Å²) in [5.41, 5.74) is 1.71. The predicted octanol–water partition coefficient (Wildman–Crippen LogP) is 4.61. The zero-order chi connectivity index (χ0) is 18.5. The average molecular weight is 364 g/mol. The van der Waals surface area contributed by atoms with Crippen molar-refractivity contribution in [2.75, 3.05) is 5.32 Å². The largest absolute Gasteiger partial charge is 0.325 e. The number of hydrogen-bond acceptors (Lipinski definition) is 3. The second-order valence-electron chi connectivity index (χ2n) is 9.19. The number of carbonyl (C=O) groups excluding carboxylic acids is 1. The van der Waals surface area contributed by atoms with Crippen molar-refractivity contribution in [2.45, 2.75) is 51.9 Å². The van der Waals surface area contributed by atoms with Crippen LogP contribution in [0.5, 0.6) is 0 Å². The molecule has 0 radical (unpaired) electrons. The molecule has 0 unspecified atom stereocenters. The third-order valence-electron chi connectivity index (χ3n) is 7.00. The molecule has 27 heavy (non-hydrogen) atoms. The number of amides is 1. The van der Waals surface area contributed by atoms with Gasteiger partial charge in [-0.2, -0.15) is 5.10 Å². The van der Waals surface area contributed by atoms with Crippen molar-refractivity contribution in [1.82, 2.24) is 15.2 Å². The first kappa shape index (κ1) is 17.0. The van der Waals surface area contributed by atoms with E-state index in [4.69, 9.17) is 0 Å². The minimum atomic E-state index is 0.184. The van der Waals surface area contributed by atoms with E-state index in [1.807, 2.05) is 24.3 Å². The van der Waals surface area contributed by atoms with Crippen molar-refractivity contribution in [3.05, 3.63) is 30.1 Å². The Morgan fingerprint density at radius 3 is 2.37 bits per heavy atom. The zero-order valence-electron chi connectivity index (χ0n) is 16.1. The number of benzene rings is 1. The van der Waals surface area contributed by atoms with Crippen LogP contribution in [-0.4, -0.2) is 21.1 Å². The molecule has 1 aromatic carbocycles. The minimum Gasteiger partial charge on any atom is -0.325 e. The molecule has 0 saturated heterocycles. The quantitative estimate of drug-likeness (QED) is 0.832. The first-order valence-corrected chi connectivity index (χ1v) is 10.4. The summed E-state index contributed by atoms with van der Waals surface area (Å²) < 4.78 is 0. The number of para-hydroxylation sites is 1. The van der Waals surface area contributed by atoms with Gasteiger partial charge in [0, 0.05) is 17.4 Å². The molecule has 4 aliphatic carbocycles. The fraction of sp³-hybridized carbons (Fsp3) is 0.591. The molecule has 6 rings (SSSR count). The Hall–Kier alpha value is -2.17. The zero-order valence-corrected chi connectivity index (χ0v) is 16.1. The summed E-state index contributed by atoms with van der Waals surface area (Å²) in [4.78, 5) is 17.9. The maximum atomic E-state index is 13.2. The fourth-order valence-electron chi connectivity index (χ4n) is 6.01. The summed E-state index contributed by atoms with van der Waals surface area (Å²) in [6.07, 6.45) is 6.43. The minimum absolute atomic E-state index is 0.184. The number of anilines is 1. The van der Waals surface area contributed by atoms with E-state index in [9.17, 15) is 4.79 Å². The lowest BCUT2D eigenvalue weighted by Crippen LogP contribution is -2.49. The van der Waals surface area contributed by atoms with Gasteiger partial charge in [0.15, 0.2) is 5.82 Å². The van der Waals surface area contributed by atoms with Crippen LogP contribution in [0.1, 0.15) is 57.7 Å². The van der Waals surface area contributed by atoms with Gasteiger partial charge in [-0.1, -0.05) is 26.0 Å². The molecular weight excluding hydrogens is 336 g/mol. The molecule has 4 saturated carbocycles. The Labute approximate surface area is 160 Å². The molecule has 0 atom stereocenters. The Morgan fingerprint density at radius 2 is 1.74 bits per heavy atom. The van der Waals surface area contributed by atoms with Crippen LogP contribution < -0.4 is 5.32 Å². The maximum absolute atomic E-state index is 13.2. The third-order valence-corrected chi connectivity index (χ3v) is 7.00. The number of carbonyl (C=O) groups is 1. The van der Waals surface area contributed by atoms with Crippen molar-refractivity contribution in [3.8, 4) is 11.4 Å². The van der Waals surface area contributed by atoms with Gasteiger partial charge < -0.3 is 5.32 Å². The third kappa shape index (κ3) is 2.97. The monoisotopic (exact) mass is 364 g/mol. The van der Waals surface area contributed by atoms with Crippen LogP contribution in [0, 0.1) is 29.6 Å². The van der Waals surface area contributed by atoms with Crippen molar-refractivity contribution < 1.29 is 4.79 Å². The van der Waals surface area contributed by atoms with Crippen molar-refractivity contribution >= 4 is 11.6 Å². The van der Waals surface area contributed by atoms with E-state index in [1.54, 1.807) is 0 Å². The Morgan fingerprint density at radius 1 is 1.07 bits per heavy atom. The smallest absolute Gasteiger partial charge is 0.228 e. The molecule has 2 N–H and O–H groups in total. The van der Waals surface area contributed by atoms with E-state index in [1.165, 1.54) is 32.1 Å². The van der Waals surface area contributed by atoms with Gasteiger partial charge in [0.2, 0.25) is 5.91 Å². The molecule has 1 amide bonds. The van der Waals surface area contributed by atoms with E-state index in [0.29, 0.717) is 23.6 Å². The molecule has 1 heterocycles. The molecule has 4 aliphatic rings. The summed E-state index contributed by atoms with van der Waals surface area (Å²) in [5.74, 6) is 5.14. The van der Waals surface area contributed by atoms with Gasteiger partial charge in [-0.3, -0.25) is 9.89 Å². The molecule has 0 aliphatic heterocycles. The molecular formula is C22H28N4O. The molecule has 142 valence electrons. The summed E-state index contributed by atoms with van der Waals surface area (Å²) in [7, 11) is 0. The lowest BCUT2D eigenvalue weighted by Gasteiger charge is -2.53. The molecule has 5 heteroatoms. The highest BCUT2D eigenvalue weighted by molar-refractivity contribution is 5.96. The van der Waals surface area contributed by atoms with Crippen LogP contribution in [0.4, 0.5) is 5.69 Å². The Bertz CT molecular complexity index is 828. The summed E-state index contributed by atoms with van der Waals surface area (Å²) in [6.45, 7) is 4.18. The van der Waals surface area contributed by atoms with E-state index in [0.717, 1.165) is 28.9 Å². The Balaban J connectivity index is 1.39. The van der Waals surface area contributed by atoms with Crippen LogP contribution >= 0.6 is 0 Å². The molecule has 0 spiro atoms. The number of aromatic nitrogens is 3. The second-order valence-corrected chi connectivity index (χ2v) is 9.19. The van der Waals surface area contributed by atoms with Gasteiger partial charge in [0.05, 0.1) is 5.69 Å². The van der Waals surface area contributed by atoms with Crippen LogP contribution in [0.25, 0.3) is 11.4 Å². The Kier molecular flexibility index (Phi) is 4.06. The highest BCUT2D eigenvalue weighted by Gasteiger charge is 2.50. The van der Waals surface area contributed by atoms with E-state index in [-0.39, 0.29) is 11.8 Å². The number of hydrogen-bond donors (Lipinski definition) is 2. The fourth-order valence-corrected chi connectivity index (χ4v) is 6.01. The van der Waals surface area contributed by atoms with Gasteiger partial charge in [-0.15, -0.1) is 0 Å². The average Bonchev–Trinajstić information content (AvgIpc) is 3.11. The van der Waals surface area contributed by atoms with Gasteiger partial charge in [-0.25, -0.2) is 4.98 Å². The second kappa shape index (κ2) is 6.47. The molecule has 1 aromatic heterocycles. The van der Waals surface area contributed by atoms with E-state index >= 15 is 0 Å². The number of nitrogens with one attached hydrogen (secondary N) is 2. The van der Waals surface area contributed by atoms with Crippen LogP contribution in [-0.2, 0) is 4.79 Å². The van der Waals surface area contributed by atoms with Crippen LogP contribution in [0.2, 0.25) is 0 Å². The van der Waals surface area contributed by atoms with Crippen LogP contribution in [0.3, 0.4) is 0 Å². The normalized spacial score (nSPS) is 31.4. The first-order chi connectivity index (χ1) is 13.1. The molecule has 4 bridgehead atoms. The standard InChI is InChI=1S/C22H28N4O/c1-12(2)20-24-21(26-25-20)17-5-3-4-6-18(17)23-22(27)19-15-8-13-7-14(10-15)11-16(19)9-13/h3-6,12-16,19H,7-11H2,1-2H3,(H,23,27)(H,24,25,26). The highest BCUT2D eigenvalue weighted by Crippen LogP contribution is 2.56. The van der Waals surface area contributed by atoms with Crippen molar-refractivity contribution in [1.29, 1.82) is 0 Å². The number of H-pyrrole nitrogens is 1. The number of aromatic amines is 1. The van der Waals surface area contributed by atoms with Gasteiger partial charge in [0.1, 0.15) is 5.82 Å². The summed E-state index contributed by atoms with van der Waals surface area (Å²) in [5, 5.41) is 10.6. The van der Waals surface area contributed by atoms with Gasteiger partial charge in [0.25, 0.3) is 0 Å². The lowest BCUT2D eigenvalue weighted by molar-refractivity contribution is -0.132. The topological polar surface area (TPSA) is 70.7 Å². The summed E-state index contributed by atoms with van der Waals surface area (Å²) >= 11 is 0. The van der Waals surface area contributed by atoms with Gasteiger partial charge in [-0.05, 0) is 67.9 Å². The van der Waals surface area contributed by atoms with Gasteiger partial charge >= 0.3 is 0 Å². The number of nitrogens with zero attached hydrogens (tertiary/aromatic N) is 2. The summed E-state index contributed by atoms with van der Waals surface area (Å²) in [6, 6.07) is 7.89. The molecule has 5 nitrogen and oxygen atoms in total.